The van der Waals surface area contributed by atoms with Crippen LogP contribution >= 0.6 is 0 Å². The molecule has 4 fully saturated rings. The van der Waals surface area contributed by atoms with Gasteiger partial charge >= 0.3 is 24.2 Å². The summed E-state index contributed by atoms with van der Waals surface area (Å²) in [5.41, 5.74) is 3.79. The van der Waals surface area contributed by atoms with Crippen LogP contribution in [0, 0.1) is 11.8 Å². The van der Waals surface area contributed by atoms with E-state index in [1.165, 1.54) is 26.2 Å². The summed E-state index contributed by atoms with van der Waals surface area (Å²) >= 11 is 0. The van der Waals surface area contributed by atoms with Gasteiger partial charge in [0.2, 0.25) is 33.7 Å². The van der Waals surface area contributed by atoms with E-state index in [1.807, 2.05) is 92.7 Å². The molecule has 9 atom stereocenters. The number of nitrogens with one attached hydrogen (secondary N) is 5. The van der Waals surface area contributed by atoms with E-state index in [0.717, 1.165) is 27.8 Å². The molecule has 0 radical (unpaired) electrons. The zero-order valence-corrected chi connectivity index (χ0v) is 58.1. The van der Waals surface area contributed by atoms with E-state index < -0.39 is 124 Å². The number of likely N-dealkylation sites (tertiary alicyclic amines) is 2. The number of nitrogens with zero attached hydrogens (tertiary/aromatic N) is 3. The molecule has 1 unspecified atom stereocenters. The molecule has 1 aliphatic carbocycles. The number of benzene rings is 4. The molecule has 0 aromatic heterocycles. The molecule has 25 nitrogen and oxygen atoms in total. The van der Waals surface area contributed by atoms with Gasteiger partial charge in [-0.3, -0.25) is 24.0 Å². The first-order chi connectivity index (χ1) is 46.6. The molecule has 0 bridgehead atoms. The lowest BCUT2D eigenvalue weighted by Crippen LogP contribution is -2.58. The van der Waals surface area contributed by atoms with Crippen LogP contribution in [0.1, 0.15) is 141 Å². The minimum atomic E-state index is -4.26. The Balaban J connectivity index is 0.847. The van der Waals surface area contributed by atoms with Crippen molar-refractivity contribution in [3.8, 4) is 11.1 Å². The first-order valence-electron chi connectivity index (χ1n) is 34.1. The van der Waals surface area contributed by atoms with Crippen LogP contribution in [0.2, 0.25) is 0 Å². The smallest absolute Gasteiger partial charge is 0.408 e. The molecule has 0 saturated carbocycles. The molecule has 4 aliphatic heterocycles. The predicted molar refractivity (Wildman–Crippen MR) is 361 cm³/mol. The van der Waals surface area contributed by atoms with Gasteiger partial charge in [-0.1, -0.05) is 105 Å². The van der Waals surface area contributed by atoms with Crippen LogP contribution in [-0.4, -0.2) is 188 Å². The third-order valence-electron chi connectivity index (χ3n) is 17.9. The van der Waals surface area contributed by atoms with E-state index in [4.69, 9.17) is 28.4 Å². The highest BCUT2D eigenvalue weighted by molar-refractivity contribution is 7.89. The SMILES string of the molecule is CC(C)CN(C[C@@H](O)[C@H](Cc1ccccc1)NC(=O)OC1CO[C@H]2OCC[C@@H]12)S(=O)(=O)c1ccc(CNC(=O)[C@@H]2CCCN2C(=O)[C@H](CCCCNC(=O)OCC2c3ccccc3-c3ccccc32)NC(=O)[C@@H]2CCCN2C(=O)[C@H](CC(=O)OC(C)(C)C)NC(=O)OC(C)(C)C)cc1. The maximum absolute atomic E-state index is 15.0. The topological polar surface area (TPSA) is 316 Å². The van der Waals surface area contributed by atoms with Gasteiger partial charge in [0.15, 0.2) is 6.29 Å². The third-order valence-corrected chi connectivity index (χ3v) is 19.7. The minimum absolute atomic E-state index is 0.0375. The van der Waals surface area contributed by atoms with Crippen LogP contribution < -0.4 is 26.6 Å². The van der Waals surface area contributed by atoms with E-state index in [2.05, 4.69) is 26.6 Å². The number of carbonyl (C=O) groups excluding carboxylic acids is 8. The van der Waals surface area contributed by atoms with Crippen molar-refractivity contribution in [2.45, 2.75) is 197 Å². The number of esters is 1. The molecule has 9 rings (SSSR count). The number of hydrogen-bond donors (Lipinski definition) is 6. The van der Waals surface area contributed by atoms with Crippen molar-refractivity contribution in [3.05, 3.63) is 125 Å². The number of amides is 7. The number of sulfonamides is 1. The van der Waals surface area contributed by atoms with Gasteiger partial charge in [0.1, 0.15) is 48.1 Å². The van der Waals surface area contributed by atoms with Gasteiger partial charge in [0, 0.05) is 45.2 Å². The zero-order chi connectivity index (χ0) is 70.5. The molecule has 7 amide bonds. The Morgan fingerprint density at radius 3 is 1.90 bits per heavy atom. The molecule has 4 saturated heterocycles. The molecular weight excluding hydrogens is 1280 g/mol. The van der Waals surface area contributed by atoms with Crippen molar-refractivity contribution in [2.75, 3.05) is 52.5 Å². The number of aliphatic hydroxyl groups excluding tert-OH is 1. The van der Waals surface area contributed by atoms with E-state index >= 15 is 0 Å². The van der Waals surface area contributed by atoms with Crippen molar-refractivity contribution in [2.24, 2.45) is 11.8 Å². The molecule has 532 valence electrons. The summed E-state index contributed by atoms with van der Waals surface area (Å²) in [4.78, 5) is 114. The second-order valence-corrected chi connectivity index (χ2v) is 30.2. The standard InChI is InChI=1S/C72H96N8O17S/c1-45(2)41-78(42-60(81)56(38-46-20-10-9-11-21-46)76-69(88)95-61-44-93-67-53(61)33-37-92-67)98(90,91)48-31-29-47(30-32-48)40-74-63(83)58-27-18-35-79(58)65(85)55(26-16-17-34-73-68(87)94-43-54-51-24-14-12-22-49(51)50-23-13-15-25-52(50)54)75-64(84)59-28-19-36-80(59)66(86)57(39-62(82)96-71(3,4)5)77-70(89)97-72(6,7)8/h9-15,20-25,29-32,45,53-61,67,81H,16-19,26-28,33-44H2,1-8H3,(H,73,87)(H,74,83)(H,75,84)(H,76,88)(H,77,89)/t53-,55-,56-,57-,58-,59-,60+,61?,67+/m0/s1. The van der Waals surface area contributed by atoms with Crippen LogP contribution in [0.15, 0.2) is 108 Å². The fraction of sp³-hybridized carbons (Fsp3) is 0.556. The van der Waals surface area contributed by atoms with E-state index in [9.17, 15) is 51.9 Å². The Morgan fingerprint density at radius 2 is 1.27 bits per heavy atom. The van der Waals surface area contributed by atoms with Crippen molar-refractivity contribution in [3.63, 3.8) is 0 Å². The number of hydrogen-bond acceptors (Lipinski definition) is 17. The average Bonchev–Trinajstić information content (AvgIpc) is 1.62. The first kappa shape index (κ1) is 74.1. The summed E-state index contributed by atoms with van der Waals surface area (Å²) in [5.74, 6) is -3.63. The summed E-state index contributed by atoms with van der Waals surface area (Å²) < 4.78 is 64.0. The fourth-order valence-electron chi connectivity index (χ4n) is 13.3. The van der Waals surface area contributed by atoms with Crippen LogP contribution in [0.5, 0.6) is 0 Å². The Kier molecular flexibility index (Phi) is 25.0. The first-order valence-corrected chi connectivity index (χ1v) is 35.6. The summed E-state index contributed by atoms with van der Waals surface area (Å²) in [5, 5.41) is 25.8. The monoisotopic (exact) mass is 1380 g/mol. The number of fused-ring (bicyclic) bond motifs is 4. The van der Waals surface area contributed by atoms with Crippen molar-refractivity contribution in [1.82, 2.24) is 40.7 Å². The molecule has 98 heavy (non-hydrogen) atoms. The highest BCUT2D eigenvalue weighted by atomic mass is 32.2. The van der Waals surface area contributed by atoms with E-state index in [1.54, 1.807) is 53.7 Å². The lowest BCUT2D eigenvalue weighted by molar-refractivity contribution is -0.157. The lowest BCUT2D eigenvalue weighted by atomic mass is 9.98. The molecule has 5 aliphatic rings. The third kappa shape index (κ3) is 19.8. The normalized spacial score (nSPS) is 20.3. The summed E-state index contributed by atoms with van der Waals surface area (Å²) in [6.07, 6.45) is -2.39. The number of ether oxygens (including phenoxy) is 6. The second kappa shape index (κ2) is 33.1. The summed E-state index contributed by atoms with van der Waals surface area (Å²) in [7, 11) is -4.26. The Hall–Kier alpha value is -8.17. The molecule has 26 heteroatoms. The zero-order valence-electron chi connectivity index (χ0n) is 57.3. The van der Waals surface area contributed by atoms with Crippen LogP contribution in [0.25, 0.3) is 11.1 Å². The fourth-order valence-corrected chi connectivity index (χ4v) is 14.9. The van der Waals surface area contributed by atoms with Gasteiger partial charge in [-0.15, -0.1) is 0 Å². The number of rotatable bonds is 28. The predicted octanol–water partition coefficient (Wildman–Crippen LogP) is 7.21. The summed E-state index contributed by atoms with van der Waals surface area (Å²) in [6.45, 7) is 14.5. The highest BCUT2D eigenvalue weighted by Gasteiger charge is 2.46. The largest absolute Gasteiger partial charge is 0.460 e. The van der Waals surface area contributed by atoms with Gasteiger partial charge in [0.05, 0.1) is 42.6 Å². The second-order valence-electron chi connectivity index (χ2n) is 28.2. The number of carbonyl (C=O) groups is 8. The molecule has 4 heterocycles. The van der Waals surface area contributed by atoms with Crippen LogP contribution in [0.3, 0.4) is 0 Å². The van der Waals surface area contributed by atoms with Crippen molar-refractivity contribution < 1.29 is 80.3 Å². The minimum Gasteiger partial charge on any atom is -0.460 e. The average molecular weight is 1380 g/mol. The molecule has 4 aromatic carbocycles. The maximum Gasteiger partial charge on any atom is 0.408 e. The molecule has 4 aromatic rings. The van der Waals surface area contributed by atoms with E-state index in [0.29, 0.717) is 50.7 Å². The molecule has 6 N–H and O–H groups in total. The van der Waals surface area contributed by atoms with Gasteiger partial charge in [-0.2, -0.15) is 4.31 Å². The number of aliphatic hydroxyl groups is 1. The van der Waals surface area contributed by atoms with Crippen LogP contribution in [0.4, 0.5) is 14.4 Å². The number of unbranched alkanes of at least 4 members (excludes halogenated alkanes) is 1. The van der Waals surface area contributed by atoms with Gasteiger partial charge in [0.25, 0.3) is 0 Å². The molecule has 0 spiro atoms. The van der Waals surface area contributed by atoms with Crippen molar-refractivity contribution in [1.29, 1.82) is 0 Å². The highest BCUT2D eigenvalue weighted by Crippen LogP contribution is 2.44. The van der Waals surface area contributed by atoms with Crippen molar-refractivity contribution >= 4 is 57.9 Å². The van der Waals surface area contributed by atoms with Crippen LogP contribution in [-0.2, 0) is 75.4 Å². The van der Waals surface area contributed by atoms with E-state index in [-0.39, 0.29) is 94.4 Å². The van der Waals surface area contributed by atoms with Gasteiger partial charge in [-0.05, 0) is 151 Å². The molecular formula is C72H96N8O17S. The Labute approximate surface area is 574 Å². The quantitative estimate of drug-likeness (QED) is 0.0186. The van der Waals surface area contributed by atoms with Gasteiger partial charge in [-0.25, -0.2) is 22.8 Å². The van der Waals surface area contributed by atoms with Gasteiger partial charge < -0.3 is 69.9 Å². The lowest BCUT2D eigenvalue weighted by Gasteiger charge is -2.32. The summed E-state index contributed by atoms with van der Waals surface area (Å²) in [6, 6.07) is 25.5. The Morgan fingerprint density at radius 1 is 0.653 bits per heavy atom. The maximum atomic E-state index is 15.0. The number of alkyl carbamates (subject to hydrolysis) is 3. The Bertz CT molecular complexity index is 3490.